The van der Waals surface area contributed by atoms with Gasteiger partial charge in [-0.15, -0.1) is 0 Å². The summed E-state index contributed by atoms with van der Waals surface area (Å²) in [6.07, 6.45) is 1.34. The van der Waals surface area contributed by atoms with Crippen molar-refractivity contribution in [1.82, 2.24) is 4.90 Å². The molecule has 2 aliphatic rings. The Bertz CT molecular complexity index is 1010. The zero-order valence-electron chi connectivity index (χ0n) is 16.7. The van der Waals surface area contributed by atoms with Gasteiger partial charge in [0.25, 0.3) is 5.91 Å². The number of rotatable bonds is 3. The number of methoxy groups -OCH3 is 2. The van der Waals surface area contributed by atoms with Gasteiger partial charge < -0.3 is 19.1 Å². The second kappa shape index (κ2) is 8.00. The average molecular weight is 450 g/mol. The van der Waals surface area contributed by atoms with Crippen molar-refractivity contribution in [1.29, 1.82) is 0 Å². The smallest absolute Gasteiger partial charge is 0.253 e. The molecule has 6 nitrogen and oxygen atoms in total. The van der Waals surface area contributed by atoms with Gasteiger partial charge in [0.05, 0.1) is 30.7 Å². The molecule has 1 fully saturated rings. The molecule has 8 heteroatoms. The van der Waals surface area contributed by atoms with E-state index in [0.29, 0.717) is 64.4 Å². The minimum absolute atomic E-state index is 0.0278. The Hall–Kier alpha value is -2.44. The number of Topliss-reactive ketones (excluding diaryl/α,β-unsaturated/α-hetero) is 1. The van der Waals surface area contributed by atoms with Crippen LogP contribution in [0, 0.1) is 0 Å². The standard InChI is InChI=1S/C22H21Cl2NO5/c1-28-14-10-18(29-2)20-17(26)12-22(30-19(20)11-14)5-7-25(8-6-22)21(27)13-3-4-15(23)16(24)9-13/h3-4,9-11H,5-8,12H2,1-2H3. The third-order valence-corrected chi connectivity index (χ3v) is 6.45. The third kappa shape index (κ3) is 3.70. The zero-order valence-corrected chi connectivity index (χ0v) is 18.2. The number of likely N-dealkylation sites (tertiary alicyclic amines) is 1. The number of nitrogens with zero attached hydrogens (tertiary/aromatic N) is 1. The van der Waals surface area contributed by atoms with Crippen LogP contribution in [0.3, 0.4) is 0 Å². The predicted octanol–water partition coefficient (Wildman–Crippen LogP) is 4.65. The van der Waals surface area contributed by atoms with Gasteiger partial charge in [-0.25, -0.2) is 0 Å². The van der Waals surface area contributed by atoms with E-state index in [0.717, 1.165) is 0 Å². The van der Waals surface area contributed by atoms with Crippen LogP contribution < -0.4 is 14.2 Å². The van der Waals surface area contributed by atoms with Crippen molar-refractivity contribution in [2.45, 2.75) is 24.9 Å². The molecule has 2 aliphatic heterocycles. The van der Waals surface area contributed by atoms with Crippen LogP contribution in [-0.4, -0.2) is 49.5 Å². The van der Waals surface area contributed by atoms with E-state index in [4.69, 9.17) is 37.4 Å². The Morgan fingerprint density at radius 1 is 1.07 bits per heavy atom. The molecule has 2 aromatic carbocycles. The maximum atomic E-state index is 12.9. The summed E-state index contributed by atoms with van der Waals surface area (Å²) in [5.74, 6) is 1.32. The number of hydrogen-bond acceptors (Lipinski definition) is 5. The molecular formula is C22H21Cl2NO5. The summed E-state index contributed by atoms with van der Waals surface area (Å²) >= 11 is 12.0. The molecule has 4 rings (SSSR count). The lowest BCUT2D eigenvalue weighted by atomic mass is 9.82. The van der Waals surface area contributed by atoms with Gasteiger partial charge in [0.15, 0.2) is 5.78 Å². The van der Waals surface area contributed by atoms with Gasteiger partial charge in [-0.3, -0.25) is 9.59 Å². The van der Waals surface area contributed by atoms with Gasteiger partial charge in [-0.05, 0) is 18.2 Å². The van der Waals surface area contributed by atoms with Crippen molar-refractivity contribution >= 4 is 34.9 Å². The van der Waals surface area contributed by atoms with Crippen LogP contribution in [-0.2, 0) is 0 Å². The number of hydrogen-bond donors (Lipinski definition) is 0. The monoisotopic (exact) mass is 449 g/mol. The van der Waals surface area contributed by atoms with Crippen LogP contribution in [0.25, 0.3) is 0 Å². The van der Waals surface area contributed by atoms with Gasteiger partial charge in [0.1, 0.15) is 28.4 Å². The summed E-state index contributed by atoms with van der Waals surface area (Å²) in [5.41, 5.74) is 0.287. The minimum atomic E-state index is -0.643. The molecular weight excluding hydrogens is 429 g/mol. The number of carbonyl (C=O) groups excluding carboxylic acids is 2. The number of halogens is 2. The van der Waals surface area contributed by atoms with Crippen molar-refractivity contribution in [3.63, 3.8) is 0 Å². The molecule has 1 amide bonds. The zero-order chi connectivity index (χ0) is 21.5. The summed E-state index contributed by atoms with van der Waals surface area (Å²) in [6.45, 7) is 0.950. The second-order valence-electron chi connectivity index (χ2n) is 7.51. The number of carbonyl (C=O) groups is 2. The van der Waals surface area contributed by atoms with Gasteiger partial charge in [0, 0.05) is 43.6 Å². The van der Waals surface area contributed by atoms with Crippen LogP contribution in [0.2, 0.25) is 10.0 Å². The number of benzene rings is 2. The lowest BCUT2D eigenvalue weighted by Gasteiger charge is -2.44. The molecule has 0 aliphatic carbocycles. The fourth-order valence-electron chi connectivity index (χ4n) is 4.06. The Morgan fingerprint density at radius 2 is 1.80 bits per heavy atom. The first-order chi connectivity index (χ1) is 14.4. The van der Waals surface area contributed by atoms with Gasteiger partial charge in [-0.2, -0.15) is 0 Å². The highest BCUT2D eigenvalue weighted by atomic mass is 35.5. The SMILES string of the molecule is COc1cc(OC)c2c(c1)OC1(CCN(C(=O)c3ccc(Cl)c(Cl)c3)CC1)CC2=O. The average Bonchev–Trinajstić information content (AvgIpc) is 2.74. The first-order valence-corrected chi connectivity index (χ1v) is 10.3. The number of ether oxygens (including phenoxy) is 3. The van der Waals surface area contributed by atoms with E-state index in [-0.39, 0.29) is 18.1 Å². The topological polar surface area (TPSA) is 65.1 Å². The molecule has 0 N–H and O–H groups in total. The molecule has 2 aromatic rings. The highest BCUT2D eigenvalue weighted by Gasteiger charge is 2.45. The highest BCUT2D eigenvalue weighted by Crippen LogP contribution is 2.44. The van der Waals surface area contributed by atoms with Gasteiger partial charge in [-0.1, -0.05) is 23.2 Å². The lowest BCUT2D eigenvalue weighted by molar-refractivity contribution is -0.00610. The molecule has 0 aromatic heterocycles. The summed E-state index contributed by atoms with van der Waals surface area (Å²) < 4.78 is 17.0. The first kappa shape index (κ1) is 20.8. The molecule has 1 spiro atoms. The largest absolute Gasteiger partial charge is 0.496 e. The normalized spacial score (nSPS) is 17.3. The third-order valence-electron chi connectivity index (χ3n) is 5.71. The maximum Gasteiger partial charge on any atom is 0.253 e. The minimum Gasteiger partial charge on any atom is -0.496 e. The summed E-state index contributed by atoms with van der Waals surface area (Å²) in [7, 11) is 3.06. The van der Waals surface area contributed by atoms with Crippen LogP contribution in [0.5, 0.6) is 17.2 Å². The van der Waals surface area contributed by atoms with E-state index in [1.807, 2.05) is 0 Å². The number of amides is 1. The van der Waals surface area contributed by atoms with Gasteiger partial charge in [0.2, 0.25) is 0 Å². The fraction of sp³-hybridized carbons (Fsp3) is 0.364. The fourth-order valence-corrected chi connectivity index (χ4v) is 4.36. The molecule has 0 unspecified atom stereocenters. The highest BCUT2D eigenvalue weighted by molar-refractivity contribution is 6.42. The van der Waals surface area contributed by atoms with E-state index in [9.17, 15) is 9.59 Å². The van der Waals surface area contributed by atoms with Gasteiger partial charge >= 0.3 is 0 Å². The quantitative estimate of drug-likeness (QED) is 0.681. The predicted molar refractivity (Wildman–Crippen MR) is 113 cm³/mol. The molecule has 0 atom stereocenters. The molecule has 158 valence electrons. The maximum absolute atomic E-state index is 12.9. The number of fused-ring (bicyclic) bond motifs is 1. The number of ketones is 1. The number of piperidine rings is 1. The second-order valence-corrected chi connectivity index (χ2v) is 8.32. The van der Waals surface area contributed by atoms with E-state index >= 15 is 0 Å². The van der Waals surface area contributed by atoms with E-state index in [1.54, 1.807) is 42.3 Å². The Balaban J connectivity index is 1.53. The molecule has 2 heterocycles. The molecule has 0 saturated carbocycles. The van der Waals surface area contributed by atoms with Crippen molar-refractivity contribution in [3.8, 4) is 17.2 Å². The van der Waals surface area contributed by atoms with Crippen LogP contribution >= 0.6 is 23.2 Å². The van der Waals surface area contributed by atoms with Crippen molar-refractivity contribution in [3.05, 3.63) is 51.5 Å². The van der Waals surface area contributed by atoms with Crippen LogP contribution in [0.15, 0.2) is 30.3 Å². The van der Waals surface area contributed by atoms with Crippen molar-refractivity contribution in [2.75, 3.05) is 27.3 Å². The molecule has 0 bridgehead atoms. The summed E-state index contributed by atoms with van der Waals surface area (Å²) in [6, 6.07) is 8.24. The van der Waals surface area contributed by atoms with E-state index in [1.165, 1.54) is 7.11 Å². The Morgan fingerprint density at radius 3 is 2.43 bits per heavy atom. The molecule has 30 heavy (non-hydrogen) atoms. The van der Waals surface area contributed by atoms with Crippen LogP contribution in [0.4, 0.5) is 0 Å². The molecule has 0 radical (unpaired) electrons. The van der Waals surface area contributed by atoms with Crippen molar-refractivity contribution < 1.29 is 23.8 Å². The van der Waals surface area contributed by atoms with E-state index < -0.39 is 5.60 Å². The summed E-state index contributed by atoms with van der Waals surface area (Å²) in [5, 5.41) is 0.751. The van der Waals surface area contributed by atoms with Crippen molar-refractivity contribution in [2.24, 2.45) is 0 Å². The molecule has 1 saturated heterocycles. The van der Waals surface area contributed by atoms with Crippen LogP contribution in [0.1, 0.15) is 40.0 Å². The summed E-state index contributed by atoms with van der Waals surface area (Å²) in [4.78, 5) is 27.5. The Kier molecular flexibility index (Phi) is 5.55. The van der Waals surface area contributed by atoms with E-state index in [2.05, 4.69) is 0 Å². The first-order valence-electron chi connectivity index (χ1n) is 9.58. The Labute approximate surface area is 184 Å². The lowest BCUT2D eigenvalue weighted by Crippen LogP contribution is -2.52.